The van der Waals surface area contributed by atoms with E-state index in [-0.39, 0.29) is 0 Å². The lowest BCUT2D eigenvalue weighted by Gasteiger charge is -2.40. The van der Waals surface area contributed by atoms with E-state index >= 15 is 0 Å². The highest BCUT2D eigenvalue weighted by molar-refractivity contribution is 4.86. The molecule has 0 aromatic rings. The van der Waals surface area contributed by atoms with Gasteiger partial charge in [-0.05, 0) is 39.2 Å². The van der Waals surface area contributed by atoms with Crippen molar-refractivity contribution in [1.82, 2.24) is 4.90 Å². The lowest BCUT2D eigenvalue weighted by Crippen LogP contribution is -2.51. The van der Waals surface area contributed by atoms with E-state index in [2.05, 4.69) is 11.8 Å². The molecule has 0 radical (unpaired) electrons. The van der Waals surface area contributed by atoms with E-state index in [1.54, 1.807) is 0 Å². The van der Waals surface area contributed by atoms with E-state index in [9.17, 15) is 0 Å². The predicted octanol–water partition coefficient (Wildman–Crippen LogP) is 4.86. The summed E-state index contributed by atoms with van der Waals surface area (Å²) in [6.45, 7) is 3.75. The lowest BCUT2D eigenvalue weighted by atomic mass is 9.94. The molecule has 0 spiro atoms. The van der Waals surface area contributed by atoms with Crippen molar-refractivity contribution < 1.29 is 0 Å². The van der Waals surface area contributed by atoms with Gasteiger partial charge in [-0.3, -0.25) is 4.90 Å². The molecule has 2 aliphatic rings. The highest BCUT2D eigenvalue weighted by atomic mass is 15.2. The third-order valence-corrected chi connectivity index (χ3v) is 5.81. The Bertz CT molecular complexity index is 266. The van der Waals surface area contributed by atoms with Crippen LogP contribution in [0.15, 0.2) is 0 Å². The van der Waals surface area contributed by atoms with Crippen LogP contribution in [0.4, 0.5) is 0 Å². The largest absolute Gasteiger partial charge is 0.326 e. The van der Waals surface area contributed by atoms with Crippen LogP contribution >= 0.6 is 0 Å². The Hall–Kier alpha value is -0.0800. The molecule has 0 bridgehead atoms. The fourth-order valence-corrected chi connectivity index (χ4v) is 4.40. The molecule has 3 atom stereocenters. The second-order valence-electron chi connectivity index (χ2n) is 7.57. The molecule has 0 aromatic heterocycles. The molecule has 2 fully saturated rings. The normalized spacial score (nSPS) is 35.4. The van der Waals surface area contributed by atoms with E-state index < -0.39 is 0 Å². The molecule has 2 nitrogen and oxygen atoms in total. The Kier molecular flexibility index (Phi) is 8.10. The number of nitrogens with two attached hydrogens (primary N) is 1. The molecule has 3 unspecified atom stereocenters. The molecule has 2 rings (SSSR count). The molecular formula is C19H38N2. The molecule has 0 aromatic carbocycles. The van der Waals surface area contributed by atoms with Gasteiger partial charge < -0.3 is 5.73 Å². The molecule has 2 N–H and O–H groups in total. The van der Waals surface area contributed by atoms with Crippen LogP contribution in [0.25, 0.3) is 0 Å². The van der Waals surface area contributed by atoms with Gasteiger partial charge in [0.1, 0.15) is 0 Å². The summed E-state index contributed by atoms with van der Waals surface area (Å²) in [6.07, 6.45) is 19.5. The summed E-state index contributed by atoms with van der Waals surface area (Å²) < 4.78 is 0. The number of hydrogen-bond donors (Lipinski definition) is 1. The molecule has 1 heterocycles. The summed E-state index contributed by atoms with van der Waals surface area (Å²) in [6, 6.07) is 1.80. The maximum atomic E-state index is 6.63. The summed E-state index contributed by atoms with van der Waals surface area (Å²) >= 11 is 0. The van der Waals surface area contributed by atoms with Crippen LogP contribution in [-0.4, -0.2) is 29.6 Å². The van der Waals surface area contributed by atoms with Gasteiger partial charge in [0, 0.05) is 18.1 Å². The van der Waals surface area contributed by atoms with Crippen LogP contribution < -0.4 is 5.73 Å². The zero-order valence-corrected chi connectivity index (χ0v) is 14.4. The van der Waals surface area contributed by atoms with Crippen molar-refractivity contribution >= 4 is 0 Å². The Morgan fingerprint density at radius 1 is 0.667 bits per heavy atom. The Labute approximate surface area is 132 Å². The molecular weight excluding hydrogens is 256 g/mol. The standard InChI is InChI=1S/C19H38N2/c1-17-13-9-5-2-3-8-12-16-21(17)19-15-11-7-4-6-10-14-18(19)20/h17-19H,2-16,20H2,1H3. The minimum Gasteiger partial charge on any atom is -0.326 e. The van der Waals surface area contributed by atoms with Crippen LogP contribution in [0, 0.1) is 0 Å². The first-order valence-electron chi connectivity index (χ1n) is 9.80. The minimum atomic E-state index is 0.411. The van der Waals surface area contributed by atoms with E-state index in [4.69, 9.17) is 5.73 Å². The van der Waals surface area contributed by atoms with Gasteiger partial charge in [0.05, 0.1) is 0 Å². The average Bonchev–Trinajstić information content (AvgIpc) is 2.58. The molecule has 21 heavy (non-hydrogen) atoms. The Balaban J connectivity index is 2.00. The summed E-state index contributed by atoms with van der Waals surface area (Å²) in [4.78, 5) is 2.82. The molecule has 1 aliphatic heterocycles. The number of rotatable bonds is 1. The number of hydrogen-bond acceptors (Lipinski definition) is 2. The summed E-state index contributed by atoms with van der Waals surface area (Å²) in [5, 5.41) is 0. The van der Waals surface area contributed by atoms with Crippen LogP contribution in [-0.2, 0) is 0 Å². The van der Waals surface area contributed by atoms with Gasteiger partial charge in [0.2, 0.25) is 0 Å². The Morgan fingerprint density at radius 2 is 1.19 bits per heavy atom. The van der Waals surface area contributed by atoms with E-state index in [1.807, 2.05) is 0 Å². The van der Waals surface area contributed by atoms with Crippen molar-refractivity contribution in [2.24, 2.45) is 5.73 Å². The fourth-order valence-electron chi connectivity index (χ4n) is 4.40. The van der Waals surface area contributed by atoms with Crippen LogP contribution in [0.1, 0.15) is 96.8 Å². The summed E-state index contributed by atoms with van der Waals surface area (Å²) in [5.74, 6) is 0. The van der Waals surface area contributed by atoms with Gasteiger partial charge in [-0.1, -0.05) is 64.2 Å². The molecule has 1 saturated heterocycles. The molecule has 0 amide bonds. The quantitative estimate of drug-likeness (QED) is 0.748. The maximum absolute atomic E-state index is 6.63. The van der Waals surface area contributed by atoms with Gasteiger partial charge in [0.25, 0.3) is 0 Å². The van der Waals surface area contributed by atoms with Crippen molar-refractivity contribution in [3.05, 3.63) is 0 Å². The van der Waals surface area contributed by atoms with Crippen molar-refractivity contribution in [2.45, 2.75) is 115 Å². The monoisotopic (exact) mass is 294 g/mol. The van der Waals surface area contributed by atoms with Crippen LogP contribution in [0.3, 0.4) is 0 Å². The van der Waals surface area contributed by atoms with Crippen molar-refractivity contribution in [3.8, 4) is 0 Å². The molecule has 2 heteroatoms. The fraction of sp³-hybridized carbons (Fsp3) is 1.00. The van der Waals surface area contributed by atoms with E-state index in [0.717, 1.165) is 6.04 Å². The first kappa shape index (κ1) is 17.3. The van der Waals surface area contributed by atoms with Gasteiger partial charge >= 0.3 is 0 Å². The van der Waals surface area contributed by atoms with Gasteiger partial charge in [-0.2, -0.15) is 0 Å². The highest BCUT2D eigenvalue weighted by Gasteiger charge is 2.28. The molecule has 1 aliphatic carbocycles. The van der Waals surface area contributed by atoms with Crippen LogP contribution in [0.2, 0.25) is 0 Å². The van der Waals surface area contributed by atoms with Crippen molar-refractivity contribution in [3.63, 3.8) is 0 Å². The van der Waals surface area contributed by atoms with Gasteiger partial charge in [-0.25, -0.2) is 0 Å². The van der Waals surface area contributed by atoms with E-state index in [0.29, 0.717) is 12.1 Å². The summed E-state index contributed by atoms with van der Waals surface area (Å²) in [7, 11) is 0. The first-order chi connectivity index (χ1) is 10.3. The highest BCUT2D eigenvalue weighted by Crippen LogP contribution is 2.25. The zero-order chi connectivity index (χ0) is 14.9. The van der Waals surface area contributed by atoms with Crippen molar-refractivity contribution in [2.75, 3.05) is 6.54 Å². The van der Waals surface area contributed by atoms with Crippen LogP contribution in [0.5, 0.6) is 0 Å². The second-order valence-corrected chi connectivity index (χ2v) is 7.57. The van der Waals surface area contributed by atoms with E-state index in [1.165, 1.54) is 96.4 Å². The molecule has 1 saturated carbocycles. The first-order valence-corrected chi connectivity index (χ1v) is 9.80. The molecule has 124 valence electrons. The smallest absolute Gasteiger partial charge is 0.0250 e. The summed E-state index contributed by atoms with van der Waals surface area (Å²) in [5.41, 5.74) is 6.63. The third kappa shape index (κ3) is 5.90. The second kappa shape index (κ2) is 9.84. The third-order valence-electron chi connectivity index (χ3n) is 5.81. The average molecular weight is 295 g/mol. The predicted molar refractivity (Wildman–Crippen MR) is 92.6 cm³/mol. The minimum absolute atomic E-state index is 0.411. The van der Waals surface area contributed by atoms with Crippen molar-refractivity contribution in [1.29, 1.82) is 0 Å². The van der Waals surface area contributed by atoms with Gasteiger partial charge in [0.15, 0.2) is 0 Å². The Morgan fingerprint density at radius 3 is 1.90 bits per heavy atom. The SMILES string of the molecule is CC1CCCCCCCCN1C1CCCCCCCC1N. The maximum Gasteiger partial charge on any atom is 0.0250 e. The number of nitrogens with zero attached hydrogens (tertiary/aromatic N) is 1. The lowest BCUT2D eigenvalue weighted by molar-refractivity contribution is 0.100. The zero-order valence-electron chi connectivity index (χ0n) is 14.4. The topological polar surface area (TPSA) is 29.3 Å². The van der Waals surface area contributed by atoms with Gasteiger partial charge in [-0.15, -0.1) is 0 Å².